The maximum Gasteiger partial charge on any atom is 0.199 e. The summed E-state index contributed by atoms with van der Waals surface area (Å²) in [6, 6.07) is 0.500. The first-order chi connectivity index (χ1) is 8.40. The minimum atomic E-state index is 0.500. The topological polar surface area (TPSA) is 59.2 Å². The van der Waals surface area contributed by atoms with Gasteiger partial charge in [0.25, 0.3) is 0 Å². The molecular weight excluding hydrogens is 284 g/mol. The van der Waals surface area contributed by atoms with Crippen LogP contribution in [0.1, 0.15) is 19.3 Å². The fourth-order valence-corrected chi connectivity index (χ4v) is 2.99. The van der Waals surface area contributed by atoms with Crippen LogP contribution in [-0.4, -0.2) is 42.9 Å². The van der Waals surface area contributed by atoms with E-state index in [1.54, 1.807) is 10.7 Å². The van der Waals surface area contributed by atoms with Crippen molar-refractivity contribution in [2.75, 3.05) is 16.8 Å². The number of tetrazole rings is 1. The molecule has 0 N–H and O–H groups in total. The molecule has 17 heavy (non-hydrogen) atoms. The number of anilines is 1. The molecule has 2 aromatic rings. The van der Waals surface area contributed by atoms with Gasteiger partial charge in [0, 0.05) is 17.9 Å². The van der Waals surface area contributed by atoms with Crippen molar-refractivity contribution in [1.82, 2.24) is 25.0 Å². The van der Waals surface area contributed by atoms with Gasteiger partial charge in [-0.05, 0) is 29.7 Å². The zero-order chi connectivity index (χ0) is 11.7. The van der Waals surface area contributed by atoms with E-state index >= 15 is 0 Å². The molecular formula is C10H13BrN6. The van der Waals surface area contributed by atoms with Gasteiger partial charge in [-0.2, -0.15) is 4.52 Å². The van der Waals surface area contributed by atoms with Crippen molar-refractivity contribution in [2.45, 2.75) is 25.3 Å². The Morgan fingerprint density at radius 2 is 2.29 bits per heavy atom. The molecule has 0 bridgehead atoms. The van der Waals surface area contributed by atoms with E-state index < -0.39 is 0 Å². The van der Waals surface area contributed by atoms with Gasteiger partial charge >= 0.3 is 0 Å². The van der Waals surface area contributed by atoms with Crippen molar-refractivity contribution in [2.24, 2.45) is 0 Å². The minimum Gasteiger partial charge on any atom is -0.351 e. The zero-order valence-corrected chi connectivity index (χ0v) is 10.9. The number of rotatable bonds is 2. The monoisotopic (exact) mass is 296 g/mol. The zero-order valence-electron chi connectivity index (χ0n) is 9.33. The lowest BCUT2D eigenvalue weighted by molar-refractivity contribution is 0.483. The lowest BCUT2D eigenvalue weighted by Gasteiger charge is -2.35. The molecule has 0 amide bonds. The van der Waals surface area contributed by atoms with Crippen molar-refractivity contribution < 1.29 is 0 Å². The van der Waals surface area contributed by atoms with Crippen molar-refractivity contribution in [3.63, 3.8) is 0 Å². The summed E-state index contributed by atoms with van der Waals surface area (Å²) < 4.78 is 1.76. The molecule has 3 heterocycles. The van der Waals surface area contributed by atoms with E-state index in [1.807, 2.05) is 6.20 Å². The number of alkyl halides is 1. The summed E-state index contributed by atoms with van der Waals surface area (Å²) in [6.45, 7) is 1.04. The summed E-state index contributed by atoms with van der Waals surface area (Å²) in [5, 5.41) is 12.6. The van der Waals surface area contributed by atoms with Gasteiger partial charge in [-0.25, -0.2) is 0 Å². The summed E-state index contributed by atoms with van der Waals surface area (Å²) in [5.74, 6) is 0.983. The molecule has 0 aromatic carbocycles. The SMILES string of the molecule is BrCC1CCCCN1c1cncc2nnnn12. The standard InChI is InChI=1S/C10H13BrN6/c11-5-8-3-1-2-4-16(8)10-7-12-6-9-13-14-15-17(9)10/h6-8H,1-5H2. The maximum atomic E-state index is 4.21. The Hall–Kier alpha value is -1.24. The van der Waals surface area contributed by atoms with E-state index in [4.69, 9.17) is 0 Å². The first-order valence-corrected chi connectivity index (χ1v) is 6.87. The van der Waals surface area contributed by atoms with Crippen LogP contribution in [-0.2, 0) is 0 Å². The van der Waals surface area contributed by atoms with Gasteiger partial charge in [0.05, 0.1) is 12.4 Å². The van der Waals surface area contributed by atoms with Gasteiger partial charge in [-0.1, -0.05) is 15.9 Å². The first kappa shape index (κ1) is 10.9. The van der Waals surface area contributed by atoms with Gasteiger partial charge in [0.1, 0.15) is 0 Å². The van der Waals surface area contributed by atoms with E-state index in [2.05, 4.69) is 41.3 Å². The minimum absolute atomic E-state index is 0.500. The second kappa shape index (κ2) is 4.56. The van der Waals surface area contributed by atoms with Crippen molar-refractivity contribution in [1.29, 1.82) is 0 Å². The molecule has 6 nitrogen and oxygen atoms in total. The summed E-state index contributed by atoms with van der Waals surface area (Å²) >= 11 is 3.58. The predicted molar refractivity (Wildman–Crippen MR) is 67.4 cm³/mol. The average molecular weight is 297 g/mol. The van der Waals surface area contributed by atoms with Crippen molar-refractivity contribution in [3.05, 3.63) is 12.4 Å². The molecule has 7 heteroatoms. The Labute approximate surface area is 107 Å². The molecule has 3 rings (SSSR count). The summed E-state index contributed by atoms with van der Waals surface area (Å²) in [7, 11) is 0. The molecule has 2 aromatic heterocycles. The molecule has 1 atom stereocenters. The normalized spacial score (nSPS) is 21.0. The second-order valence-corrected chi connectivity index (χ2v) is 4.86. The van der Waals surface area contributed by atoms with Gasteiger partial charge in [-0.3, -0.25) is 4.98 Å². The Bertz CT molecular complexity index is 512. The molecule has 1 aliphatic rings. The van der Waals surface area contributed by atoms with Crippen LogP contribution in [0.3, 0.4) is 0 Å². The fraction of sp³-hybridized carbons (Fsp3) is 0.600. The Morgan fingerprint density at radius 1 is 1.35 bits per heavy atom. The highest BCUT2D eigenvalue weighted by Gasteiger charge is 2.24. The summed E-state index contributed by atoms with van der Waals surface area (Å²) in [4.78, 5) is 6.55. The number of nitrogens with zero attached hydrogens (tertiary/aromatic N) is 6. The number of piperidine rings is 1. The molecule has 0 radical (unpaired) electrons. The van der Waals surface area contributed by atoms with E-state index in [9.17, 15) is 0 Å². The number of fused-ring (bicyclic) bond motifs is 1. The van der Waals surface area contributed by atoms with Crippen LogP contribution < -0.4 is 4.90 Å². The third kappa shape index (κ3) is 1.88. The van der Waals surface area contributed by atoms with Crippen molar-refractivity contribution in [3.8, 4) is 0 Å². The lowest BCUT2D eigenvalue weighted by Crippen LogP contribution is -2.41. The second-order valence-electron chi connectivity index (χ2n) is 4.21. The highest BCUT2D eigenvalue weighted by Crippen LogP contribution is 2.24. The van der Waals surface area contributed by atoms with Crippen LogP contribution in [0.4, 0.5) is 5.82 Å². The molecule has 1 saturated heterocycles. The molecule has 0 aliphatic carbocycles. The van der Waals surface area contributed by atoms with Crippen molar-refractivity contribution >= 4 is 27.4 Å². The van der Waals surface area contributed by atoms with E-state index in [-0.39, 0.29) is 0 Å². The van der Waals surface area contributed by atoms with E-state index in [0.29, 0.717) is 11.7 Å². The van der Waals surface area contributed by atoms with Gasteiger partial charge < -0.3 is 4.90 Å². The van der Waals surface area contributed by atoms with Crippen LogP contribution in [0.25, 0.3) is 5.65 Å². The molecule has 1 aliphatic heterocycles. The third-order valence-electron chi connectivity index (χ3n) is 3.19. The molecule has 0 saturated carbocycles. The van der Waals surface area contributed by atoms with Crippen LogP contribution >= 0.6 is 15.9 Å². The lowest BCUT2D eigenvalue weighted by atomic mass is 10.0. The third-order valence-corrected chi connectivity index (χ3v) is 3.94. The maximum absolute atomic E-state index is 4.21. The highest BCUT2D eigenvalue weighted by atomic mass is 79.9. The molecule has 1 unspecified atom stereocenters. The highest BCUT2D eigenvalue weighted by molar-refractivity contribution is 9.09. The molecule has 0 spiro atoms. The van der Waals surface area contributed by atoms with Gasteiger partial charge in [0.15, 0.2) is 11.5 Å². The number of aromatic nitrogens is 5. The Balaban J connectivity index is 2.04. The smallest absolute Gasteiger partial charge is 0.199 e. The van der Waals surface area contributed by atoms with Gasteiger partial charge in [-0.15, -0.1) is 5.10 Å². The molecule has 1 fully saturated rings. The fourth-order valence-electron chi connectivity index (χ4n) is 2.32. The average Bonchev–Trinajstić information content (AvgIpc) is 2.86. The van der Waals surface area contributed by atoms with Gasteiger partial charge in [0.2, 0.25) is 0 Å². The van der Waals surface area contributed by atoms with Crippen LogP contribution in [0.2, 0.25) is 0 Å². The number of hydrogen-bond acceptors (Lipinski definition) is 5. The Morgan fingerprint density at radius 3 is 3.18 bits per heavy atom. The number of hydrogen-bond donors (Lipinski definition) is 0. The Kier molecular flexibility index (Phi) is 2.92. The predicted octanol–water partition coefficient (Wildman–Crippen LogP) is 1.27. The van der Waals surface area contributed by atoms with E-state index in [1.165, 1.54) is 19.3 Å². The van der Waals surface area contributed by atoms with Crippen LogP contribution in [0.15, 0.2) is 12.4 Å². The molecule has 90 valence electrons. The number of halogens is 1. The summed E-state index contributed by atoms with van der Waals surface area (Å²) in [5.41, 5.74) is 0.696. The quantitative estimate of drug-likeness (QED) is 0.781. The van der Waals surface area contributed by atoms with Crippen LogP contribution in [0.5, 0.6) is 0 Å². The first-order valence-electron chi connectivity index (χ1n) is 5.75. The van der Waals surface area contributed by atoms with E-state index in [0.717, 1.165) is 17.7 Å². The summed E-state index contributed by atoms with van der Waals surface area (Å²) in [6.07, 6.45) is 7.21. The van der Waals surface area contributed by atoms with Crippen LogP contribution in [0, 0.1) is 0 Å². The largest absolute Gasteiger partial charge is 0.351 e.